The molecule has 1 unspecified atom stereocenters. The van der Waals surface area contributed by atoms with Crippen molar-refractivity contribution in [3.05, 3.63) is 48.0 Å². The highest BCUT2D eigenvalue weighted by Gasteiger charge is 2.49. The number of benzene rings is 2. The van der Waals surface area contributed by atoms with Gasteiger partial charge in [0.2, 0.25) is 6.49 Å². The van der Waals surface area contributed by atoms with Gasteiger partial charge in [0.25, 0.3) is 0 Å². The monoisotopic (exact) mass is 430 g/mol. The van der Waals surface area contributed by atoms with Gasteiger partial charge in [0.1, 0.15) is 0 Å². The number of hydrogen-bond donors (Lipinski definition) is 0. The van der Waals surface area contributed by atoms with Crippen LogP contribution in [0, 0.1) is 0 Å². The lowest BCUT2D eigenvalue weighted by atomic mass is 10.1. The van der Waals surface area contributed by atoms with Gasteiger partial charge in [-0.25, -0.2) is 0 Å². The van der Waals surface area contributed by atoms with Gasteiger partial charge < -0.3 is 18.1 Å². The highest BCUT2D eigenvalue weighted by molar-refractivity contribution is 8.12. The molecule has 0 amide bonds. The van der Waals surface area contributed by atoms with Gasteiger partial charge in [0.15, 0.2) is 5.40 Å². The summed E-state index contributed by atoms with van der Waals surface area (Å²) in [4.78, 5) is 0. The molecule has 150 valence electrons. The fourth-order valence-electron chi connectivity index (χ4n) is 3.07. The largest absolute Gasteiger partial charge is 0.347 e. The van der Waals surface area contributed by atoms with Gasteiger partial charge >= 0.3 is 7.60 Å². The number of rotatable bonds is 11. The average Bonchev–Trinajstić information content (AvgIpc) is 2.63. The van der Waals surface area contributed by atoms with Crippen LogP contribution in [0.2, 0.25) is 0 Å². The van der Waals surface area contributed by atoms with Crippen molar-refractivity contribution in [2.24, 2.45) is 0 Å². The second kappa shape index (κ2) is 10.3. The Balaban J connectivity index is 2.79. The van der Waals surface area contributed by atoms with Crippen LogP contribution in [0.3, 0.4) is 0 Å². The highest BCUT2D eigenvalue weighted by atomic mass is 32.5. The van der Waals surface area contributed by atoms with Gasteiger partial charge in [-0.05, 0) is 55.8 Å². The first kappa shape index (κ1) is 22.7. The third-order valence-electron chi connectivity index (χ3n) is 3.94. The van der Waals surface area contributed by atoms with E-state index in [9.17, 15) is 4.57 Å². The average molecular weight is 430 g/mol. The molecule has 2 aromatic rings. The third-order valence-corrected chi connectivity index (χ3v) is 11.7. The topological polar surface area (TPSA) is 54.0 Å². The Bertz CT molecular complexity index is 786. The first-order valence-corrected chi connectivity index (χ1v) is 13.5. The van der Waals surface area contributed by atoms with Crippen molar-refractivity contribution in [1.82, 2.24) is 0 Å². The SMILES string of the molecule is CCOP(=O)(OCC)C(c1cccc2ccccc12)P(=S)(OCC)OCC. The molecule has 0 aliphatic carbocycles. The molecule has 0 N–H and O–H groups in total. The van der Waals surface area contributed by atoms with E-state index in [1.54, 1.807) is 13.8 Å². The first-order valence-electron chi connectivity index (χ1n) is 9.21. The predicted molar refractivity (Wildman–Crippen MR) is 115 cm³/mol. The minimum Gasteiger partial charge on any atom is -0.329 e. The van der Waals surface area contributed by atoms with Crippen molar-refractivity contribution in [3.8, 4) is 0 Å². The maximum absolute atomic E-state index is 13.9. The molecule has 5 nitrogen and oxygen atoms in total. The van der Waals surface area contributed by atoms with E-state index in [2.05, 4.69) is 0 Å². The van der Waals surface area contributed by atoms with E-state index >= 15 is 0 Å². The molecule has 1 atom stereocenters. The van der Waals surface area contributed by atoms with Gasteiger partial charge in [-0.1, -0.05) is 42.5 Å². The summed E-state index contributed by atoms with van der Waals surface area (Å²) in [6, 6.07) is 13.7. The standard InChI is InChI=1S/C19H28O5P2S/c1-5-21-25(20,22-6-2)19(26(27,23-7-3)24-8-4)18-15-11-13-16-12-9-10-14-17(16)18/h9-15,19H,5-8H2,1-4H3. The van der Waals surface area contributed by atoms with Crippen molar-refractivity contribution < 1.29 is 22.7 Å². The zero-order valence-electron chi connectivity index (χ0n) is 16.3. The van der Waals surface area contributed by atoms with Crippen LogP contribution in [0.5, 0.6) is 0 Å². The Hall–Kier alpha value is -0.580. The second-order valence-corrected chi connectivity index (χ2v) is 11.9. The molecule has 2 rings (SSSR count). The van der Waals surface area contributed by atoms with Crippen LogP contribution >= 0.6 is 14.1 Å². The lowest BCUT2D eigenvalue weighted by Gasteiger charge is -2.35. The van der Waals surface area contributed by atoms with E-state index in [1.165, 1.54) is 0 Å². The van der Waals surface area contributed by atoms with Crippen molar-refractivity contribution in [2.45, 2.75) is 33.1 Å². The van der Waals surface area contributed by atoms with E-state index in [0.29, 0.717) is 13.2 Å². The molecule has 0 aromatic heterocycles. The van der Waals surface area contributed by atoms with Crippen molar-refractivity contribution in [1.29, 1.82) is 0 Å². The molecule has 27 heavy (non-hydrogen) atoms. The quantitative estimate of drug-likeness (QED) is 0.380. The zero-order valence-corrected chi connectivity index (χ0v) is 18.9. The molecule has 0 saturated carbocycles. The molecule has 0 aliphatic heterocycles. The summed E-state index contributed by atoms with van der Waals surface area (Å²) in [5, 5.41) is 1.17. The summed E-state index contributed by atoms with van der Waals surface area (Å²) in [6.45, 7) is 5.47. The Morgan fingerprint density at radius 1 is 0.815 bits per heavy atom. The summed E-state index contributed by atoms with van der Waals surface area (Å²) in [7, 11) is -3.64. The molecule has 8 heteroatoms. The summed E-state index contributed by atoms with van der Waals surface area (Å²) in [6.07, 6.45) is 0. The van der Waals surface area contributed by atoms with Crippen molar-refractivity contribution in [3.63, 3.8) is 0 Å². The van der Waals surface area contributed by atoms with E-state index in [-0.39, 0.29) is 13.2 Å². The van der Waals surface area contributed by atoms with Crippen LogP contribution in [-0.4, -0.2) is 26.4 Å². The molecule has 0 aliphatic rings. The molecular formula is C19H28O5P2S. The summed E-state index contributed by atoms with van der Waals surface area (Å²) < 4.78 is 37.2. The van der Waals surface area contributed by atoms with Crippen LogP contribution in [-0.2, 0) is 34.5 Å². The summed E-state index contributed by atoms with van der Waals surface area (Å²) in [5.41, 5.74) is 0.781. The third kappa shape index (κ3) is 5.07. The molecule has 0 bridgehead atoms. The van der Waals surface area contributed by atoms with Crippen LogP contribution in [0.1, 0.15) is 38.7 Å². The number of hydrogen-bond acceptors (Lipinski definition) is 6. The van der Waals surface area contributed by atoms with Gasteiger partial charge in [-0.3, -0.25) is 4.57 Å². The van der Waals surface area contributed by atoms with Gasteiger partial charge in [0.05, 0.1) is 26.4 Å². The van der Waals surface area contributed by atoms with Crippen LogP contribution in [0.4, 0.5) is 0 Å². The van der Waals surface area contributed by atoms with E-state index in [0.717, 1.165) is 16.3 Å². The van der Waals surface area contributed by atoms with Gasteiger partial charge in [0, 0.05) is 0 Å². The lowest BCUT2D eigenvalue weighted by molar-refractivity contribution is 0.210. The zero-order chi connectivity index (χ0) is 19.9. The second-order valence-electron chi connectivity index (χ2n) is 5.69. The molecular weight excluding hydrogens is 402 g/mol. The van der Waals surface area contributed by atoms with E-state index in [4.69, 9.17) is 29.9 Å². The smallest absolute Gasteiger partial charge is 0.329 e. The maximum atomic E-state index is 13.9. The minimum absolute atomic E-state index is 0.242. The van der Waals surface area contributed by atoms with Crippen LogP contribution in [0.25, 0.3) is 10.8 Å². The molecule has 0 saturated heterocycles. The van der Waals surface area contributed by atoms with E-state index < -0.39 is 19.5 Å². The normalized spacial score (nSPS) is 13.8. The fraction of sp³-hybridized carbons (Fsp3) is 0.474. The predicted octanol–water partition coefficient (Wildman–Crippen LogP) is 6.49. The van der Waals surface area contributed by atoms with Crippen LogP contribution < -0.4 is 0 Å². The van der Waals surface area contributed by atoms with Crippen LogP contribution in [0.15, 0.2) is 42.5 Å². The molecule has 0 spiro atoms. The Morgan fingerprint density at radius 3 is 1.89 bits per heavy atom. The van der Waals surface area contributed by atoms with E-state index in [1.807, 2.05) is 56.3 Å². The van der Waals surface area contributed by atoms with Crippen molar-refractivity contribution >= 4 is 36.7 Å². The first-order chi connectivity index (χ1) is 13.0. The molecule has 2 aromatic carbocycles. The highest BCUT2D eigenvalue weighted by Crippen LogP contribution is 2.79. The fourth-order valence-corrected chi connectivity index (χ4v) is 10.5. The molecule has 0 radical (unpaired) electrons. The Kier molecular flexibility index (Phi) is 8.64. The summed E-state index contributed by atoms with van der Waals surface area (Å²) in [5.74, 6) is 0. The molecule has 0 fully saturated rings. The minimum atomic E-state index is -3.64. The maximum Gasteiger partial charge on any atom is 0.347 e. The molecule has 0 heterocycles. The lowest BCUT2D eigenvalue weighted by Crippen LogP contribution is -2.12. The Morgan fingerprint density at radius 2 is 1.33 bits per heavy atom. The Labute approximate surface area is 167 Å². The van der Waals surface area contributed by atoms with Gasteiger partial charge in [-0.15, -0.1) is 0 Å². The summed E-state index contributed by atoms with van der Waals surface area (Å²) >= 11 is 5.88. The van der Waals surface area contributed by atoms with Crippen molar-refractivity contribution in [2.75, 3.05) is 26.4 Å². The van der Waals surface area contributed by atoms with Gasteiger partial charge in [-0.2, -0.15) is 0 Å². The number of fused-ring (bicyclic) bond motifs is 1.